The molecule has 6 heteroatoms. The van der Waals surface area contributed by atoms with Gasteiger partial charge in [-0.2, -0.15) is 0 Å². The minimum Gasteiger partial charge on any atom is -0.444 e. The molecule has 0 aliphatic heterocycles. The summed E-state index contributed by atoms with van der Waals surface area (Å²) in [6.07, 6.45) is -0.551. The van der Waals surface area contributed by atoms with Crippen molar-refractivity contribution in [3.63, 3.8) is 0 Å². The molecule has 18 heavy (non-hydrogen) atoms. The van der Waals surface area contributed by atoms with Crippen molar-refractivity contribution in [3.05, 3.63) is 0 Å². The van der Waals surface area contributed by atoms with Gasteiger partial charge in [0.2, 0.25) is 0 Å². The number of ketones is 1. The first-order valence-electron chi connectivity index (χ1n) is 5.96. The average molecular weight is 263 g/mol. The van der Waals surface area contributed by atoms with E-state index in [0.29, 0.717) is 0 Å². The Balaban J connectivity index is 2.12. The lowest BCUT2D eigenvalue weighted by molar-refractivity contribution is -0.118. The van der Waals surface area contributed by atoms with Crippen molar-refractivity contribution in [2.45, 2.75) is 51.6 Å². The summed E-state index contributed by atoms with van der Waals surface area (Å²) in [6, 6.07) is 0. The van der Waals surface area contributed by atoms with Crippen LogP contribution in [0.1, 0.15) is 40.0 Å². The normalized spacial score (nSPS) is 21.3. The average Bonchev–Trinajstić information content (AvgIpc) is 2.78. The maximum absolute atomic E-state index is 12.5. The maximum Gasteiger partial charge on any atom is 0.408 e. The summed E-state index contributed by atoms with van der Waals surface area (Å²) in [7, 11) is 0. The highest BCUT2D eigenvalue weighted by molar-refractivity contribution is 5.84. The van der Waals surface area contributed by atoms with Crippen LogP contribution in [0.25, 0.3) is 0 Å². The van der Waals surface area contributed by atoms with E-state index in [0.717, 1.165) is 0 Å². The topological polar surface area (TPSA) is 55.4 Å². The number of hydrogen-bond acceptors (Lipinski definition) is 3. The molecule has 0 radical (unpaired) electrons. The van der Waals surface area contributed by atoms with Gasteiger partial charge in [-0.15, -0.1) is 0 Å². The van der Waals surface area contributed by atoms with Crippen LogP contribution in [0.4, 0.5) is 13.6 Å². The van der Waals surface area contributed by atoms with Crippen LogP contribution in [0, 0.1) is 5.92 Å². The largest absolute Gasteiger partial charge is 0.444 e. The molecule has 0 saturated heterocycles. The van der Waals surface area contributed by atoms with Crippen molar-refractivity contribution in [3.8, 4) is 0 Å². The molecule has 1 aliphatic carbocycles. The van der Waals surface area contributed by atoms with Gasteiger partial charge in [0.25, 0.3) is 5.92 Å². The van der Waals surface area contributed by atoms with Gasteiger partial charge in [-0.05, 0) is 27.2 Å². The van der Waals surface area contributed by atoms with Crippen molar-refractivity contribution < 1.29 is 23.1 Å². The van der Waals surface area contributed by atoms with E-state index in [1.807, 2.05) is 0 Å². The third-order valence-corrected chi connectivity index (χ3v) is 2.56. The second-order valence-electron chi connectivity index (χ2n) is 5.59. The summed E-state index contributed by atoms with van der Waals surface area (Å²) in [5.74, 6) is -3.51. The molecule has 1 N–H and O–H groups in total. The van der Waals surface area contributed by atoms with Crippen LogP contribution >= 0.6 is 0 Å². The van der Waals surface area contributed by atoms with Gasteiger partial charge in [0.1, 0.15) is 5.60 Å². The predicted molar refractivity (Wildman–Crippen MR) is 61.5 cm³/mol. The lowest BCUT2D eigenvalue weighted by atomic mass is 10.1. The number of alkyl halides is 2. The van der Waals surface area contributed by atoms with Gasteiger partial charge in [0.05, 0.1) is 6.54 Å². The lowest BCUT2D eigenvalue weighted by Gasteiger charge is -2.19. The van der Waals surface area contributed by atoms with E-state index in [2.05, 4.69) is 5.32 Å². The molecule has 1 fully saturated rings. The Hall–Kier alpha value is -1.20. The molecular weight excluding hydrogens is 244 g/mol. The minimum atomic E-state index is -2.58. The Morgan fingerprint density at radius 1 is 1.39 bits per heavy atom. The van der Waals surface area contributed by atoms with Crippen molar-refractivity contribution >= 4 is 11.9 Å². The predicted octanol–water partition coefficient (Wildman–Crippen LogP) is 2.52. The molecule has 1 rings (SSSR count). The van der Waals surface area contributed by atoms with E-state index in [1.54, 1.807) is 20.8 Å². The van der Waals surface area contributed by atoms with Gasteiger partial charge in [-0.25, -0.2) is 13.6 Å². The molecule has 104 valence electrons. The molecule has 1 amide bonds. The molecule has 4 nitrogen and oxygen atoms in total. The van der Waals surface area contributed by atoms with E-state index < -0.39 is 23.5 Å². The third-order valence-electron chi connectivity index (χ3n) is 2.56. The molecule has 1 atom stereocenters. The van der Waals surface area contributed by atoms with Gasteiger partial charge in [0, 0.05) is 18.8 Å². The number of alkyl carbamates (subject to hydrolysis) is 1. The number of halogens is 2. The Labute approximate surface area is 105 Å². The number of hydrogen-bond donors (Lipinski definition) is 1. The molecule has 1 saturated carbocycles. The zero-order chi connectivity index (χ0) is 14.0. The highest BCUT2D eigenvalue weighted by atomic mass is 19.3. The Morgan fingerprint density at radius 2 is 1.94 bits per heavy atom. The standard InChI is InChI=1S/C12H19F2NO3/c1-11(2,3)18-10(17)15-7-9(16)5-4-8-6-12(8,13)14/h8H,4-7H2,1-3H3,(H,15,17). The van der Waals surface area contributed by atoms with Crippen LogP contribution < -0.4 is 5.32 Å². The SMILES string of the molecule is CC(C)(C)OC(=O)NCC(=O)CCC1CC1(F)F. The monoisotopic (exact) mass is 263 g/mol. The van der Waals surface area contributed by atoms with Gasteiger partial charge in [0.15, 0.2) is 5.78 Å². The fraction of sp³-hybridized carbons (Fsp3) is 0.833. The number of Topliss-reactive ketones (excluding diaryl/α,β-unsaturated/α-hetero) is 1. The first-order valence-corrected chi connectivity index (χ1v) is 5.96. The quantitative estimate of drug-likeness (QED) is 0.829. The molecule has 0 spiro atoms. The third kappa shape index (κ3) is 5.42. The molecule has 0 aromatic carbocycles. The molecule has 0 aromatic heterocycles. The Bertz CT molecular complexity index is 337. The number of rotatable bonds is 5. The van der Waals surface area contributed by atoms with E-state index in [1.165, 1.54) is 0 Å². The summed E-state index contributed by atoms with van der Waals surface area (Å²) in [4.78, 5) is 22.6. The highest BCUT2D eigenvalue weighted by Crippen LogP contribution is 2.51. The zero-order valence-corrected chi connectivity index (χ0v) is 10.9. The van der Waals surface area contributed by atoms with Crippen LogP contribution in [0.3, 0.4) is 0 Å². The van der Waals surface area contributed by atoms with E-state index in [9.17, 15) is 18.4 Å². The van der Waals surface area contributed by atoms with Crippen LogP contribution in [0.15, 0.2) is 0 Å². The number of amides is 1. The summed E-state index contributed by atoms with van der Waals surface area (Å²) >= 11 is 0. The number of carbonyl (C=O) groups excluding carboxylic acids is 2. The van der Waals surface area contributed by atoms with Crippen molar-refractivity contribution in [1.82, 2.24) is 5.32 Å². The second kappa shape index (κ2) is 5.20. The van der Waals surface area contributed by atoms with E-state index in [4.69, 9.17) is 4.74 Å². The first-order chi connectivity index (χ1) is 8.10. The number of ether oxygens (including phenoxy) is 1. The second-order valence-corrected chi connectivity index (χ2v) is 5.59. The molecule has 0 heterocycles. The highest BCUT2D eigenvalue weighted by Gasteiger charge is 2.56. The molecule has 0 bridgehead atoms. The van der Waals surface area contributed by atoms with Crippen LogP contribution in [-0.4, -0.2) is 29.9 Å². The molecular formula is C12H19F2NO3. The molecule has 1 aliphatic rings. The van der Waals surface area contributed by atoms with Gasteiger partial charge in [-0.3, -0.25) is 4.79 Å². The van der Waals surface area contributed by atoms with Crippen molar-refractivity contribution in [1.29, 1.82) is 0 Å². The van der Waals surface area contributed by atoms with Gasteiger partial charge >= 0.3 is 6.09 Å². The minimum absolute atomic E-state index is 0.0655. The number of nitrogens with one attached hydrogen (secondary N) is 1. The zero-order valence-electron chi connectivity index (χ0n) is 10.9. The van der Waals surface area contributed by atoms with Crippen LogP contribution in [0.5, 0.6) is 0 Å². The fourth-order valence-corrected chi connectivity index (χ4v) is 1.49. The lowest BCUT2D eigenvalue weighted by Crippen LogP contribution is -2.35. The maximum atomic E-state index is 12.5. The number of carbonyl (C=O) groups is 2. The molecule has 1 unspecified atom stereocenters. The summed E-state index contributed by atoms with van der Waals surface area (Å²) in [5, 5.41) is 2.31. The summed E-state index contributed by atoms with van der Waals surface area (Å²) in [5.41, 5.74) is -0.622. The van der Waals surface area contributed by atoms with Crippen molar-refractivity contribution in [2.24, 2.45) is 5.92 Å². The fourth-order valence-electron chi connectivity index (χ4n) is 1.49. The Kier molecular flexibility index (Phi) is 4.29. The smallest absolute Gasteiger partial charge is 0.408 e. The van der Waals surface area contributed by atoms with Gasteiger partial charge < -0.3 is 10.1 Å². The van der Waals surface area contributed by atoms with Crippen LogP contribution in [0.2, 0.25) is 0 Å². The van der Waals surface area contributed by atoms with Crippen molar-refractivity contribution in [2.75, 3.05) is 6.54 Å². The first kappa shape index (κ1) is 14.9. The Morgan fingerprint density at radius 3 is 2.39 bits per heavy atom. The summed E-state index contributed by atoms with van der Waals surface area (Å²) in [6.45, 7) is 4.96. The summed E-state index contributed by atoms with van der Waals surface area (Å²) < 4.78 is 30.0. The van der Waals surface area contributed by atoms with E-state index >= 15 is 0 Å². The van der Waals surface area contributed by atoms with E-state index in [-0.39, 0.29) is 31.6 Å². The van der Waals surface area contributed by atoms with Gasteiger partial charge in [-0.1, -0.05) is 0 Å². The van der Waals surface area contributed by atoms with Crippen LogP contribution in [-0.2, 0) is 9.53 Å². The molecule has 0 aromatic rings.